The number of quaternary nitrogens is 1. The molecule has 0 heterocycles. The number of phosphoric acid groups is 1. The van der Waals surface area contributed by atoms with Crippen LogP contribution in [0, 0.1) is 0 Å². The number of unbranched alkanes of at least 4 members (excludes halogenated alkanes) is 31. The molecule has 0 amide bonds. The van der Waals surface area contributed by atoms with Crippen LogP contribution in [-0.2, 0) is 32.7 Å². The highest BCUT2D eigenvalue weighted by Gasteiger charge is 2.22. The van der Waals surface area contributed by atoms with Gasteiger partial charge in [0.2, 0.25) is 0 Å². The van der Waals surface area contributed by atoms with Crippen LogP contribution in [0.25, 0.3) is 0 Å². The van der Waals surface area contributed by atoms with Crippen molar-refractivity contribution in [1.29, 1.82) is 0 Å². The quantitative estimate of drug-likeness (QED) is 0.0195. The van der Waals surface area contributed by atoms with Crippen molar-refractivity contribution in [3.05, 3.63) is 134 Å². The summed E-state index contributed by atoms with van der Waals surface area (Å²) in [6.45, 7) is 4.12. The zero-order chi connectivity index (χ0) is 65.5. The number of nitrogens with zero attached hydrogens (tertiary/aromatic N) is 1. The van der Waals surface area contributed by atoms with Gasteiger partial charge >= 0.3 is 11.9 Å². The zero-order valence-corrected chi connectivity index (χ0v) is 59.7. The third-order valence-corrected chi connectivity index (χ3v) is 16.6. The van der Waals surface area contributed by atoms with Gasteiger partial charge < -0.3 is 27.9 Å². The summed E-state index contributed by atoms with van der Waals surface area (Å²) in [7, 11) is 1.15. The van der Waals surface area contributed by atoms with E-state index in [-0.39, 0.29) is 32.0 Å². The summed E-state index contributed by atoms with van der Waals surface area (Å²) in [4.78, 5) is 38.1. The minimum atomic E-state index is -4.65. The van der Waals surface area contributed by atoms with Gasteiger partial charge in [-0.25, -0.2) is 0 Å². The van der Waals surface area contributed by atoms with E-state index in [1.54, 1.807) is 0 Å². The Morgan fingerprint density at radius 3 is 0.944 bits per heavy atom. The molecule has 0 aromatic rings. The van der Waals surface area contributed by atoms with E-state index in [9.17, 15) is 19.0 Å². The lowest BCUT2D eigenvalue weighted by molar-refractivity contribution is -0.870. The Balaban J connectivity index is 4.09. The predicted octanol–water partition coefficient (Wildman–Crippen LogP) is 23.8. The van der Waals surface area contributed by atoms with Gasteiger partial charge in [-0.3, -0.25) is 14.2 Å². The van der Waals surface area contributed by atoms with E-state index in [2.05, 4.69) is 148 Å². The Labute approximate surface area is 555 Å². The summed E-state index contributed by atoms with van der Waals surface area (Å²) in [5.74, 6) is -0.844. The Hall–Kier alpha value is -3.85. The predicted molar refractivity (Wildman–Crippen MR) is 388 cm³/mol. The number of hydrogen-bond donors (Lipinski definition) is 0. The second kappa shape index (κ2) is 69.5. The molecule has 516 valence electrons. The van der Waals surface area contributed by atoms with Gasteiger partial charge in [0, 0.05) is 12.8 Å². The summed E-state index contributed by atoms with van der Waals surface area (Å²) in [5.41, 5.74) is 0. The molecule has 0 radical (unpaired) electrons. The Morgan fingerprint density at radius 1 is 0.356 bits per heavy atom. The average molecular weight is 1270 g/mol. The van der Waals surface area contributed by atoms with E-state index < -0.39 is 26.5 Å². The number of likely N-dealkylation sites (N-methyl/N-ethyl adjacent to an activating group) is 1. The van der Waals surface area contributed by atoms with Crippen LogP contribution in [0.2, 0.25) is 0 Å². The van der Waals surface area contributed by atoms with Crippen molar-refractivity contribution in [2.45, 2.75) is 315 Å². The van der Waals surface area contributed by atoms with Crippen molar-refractivity contribution in [3.8, 4) is 0 Å². The van der Waals surface area contributed by atoms with Gasteiger partial charge in [-0.2, -0.15) is 0 Å². The van der Waals surface area contributed by atoms with Gasteiger partial charge in [-0.1, -0.05) is 314 Å². The fraction of sp³-hybridized carbons (Fsp3) is 0.700. The summed E-state index contributed by atoms with van der Waals surface area (Å²) in [6, 6.07) is 0. The van der Waals surface area contributed by atoms with E-state index in [1.165, 1.54) is 161 Å². The van der Waals surface area contributed by atoms with Crippen LogP contribution < -0.4 is 4.89 Å². The normalized spacial score (nSPS) is 13.9. The van der Waals surface area contributed by atoms with Crippen molar-refractivity contribution >= 4 is 19.8 Å². The van der Waals surface area contributed by atoms with E-state index >= 15 is 0 Å². The number of carbonyl (C=O) groups excluding carboxylic acids is 2. The molecule has 0 aliphatic rings. The second-order valence-corrected chi connectivity index (χ2v) is 27.0. The molecule has 0 saturated heterocycles. The van der Waals surface area contributed by atoms with Crippen LogP contribution in [0.4, 0.5) is 0 Å². The fourth-order valence-corrected chi connectivity index (χ4v) is 10.8. The molecule has 2 atom stereocenters. The van der Waals surface area contributed by atoms with Crippen LogP contribution in [0.3, 0.4) is 0 Å². The number of carbonyl (C=O) groups is 2. The lowest BCUT2D eigenvalue weighted by atomic mass is 10.0. The number of ether oxygens (including phenoxy) is 2. The number of rotatable bonds is 67. The van der Waals surface area contributed by atoms with Crippen molar-refractivity contribution < 1.29 is 42.1 Å². The van der Waals surface area contributed by atoms with Crippen LogP contribution in [0.5, 0.6) is 0 Å². The highest BCUT2D eigenvalue weighted by atomic mass is 31.2. The SMILES string of the molecule is CC/C=C\C/C=C\C/C=C\C/C=C\C/C=C\C/C=C\C/C=C\C/C=C\C/C=C\CCCCCCCCCC(=O)OC(COC(=O)CCCCCCCCCCCCCCCCCCCCC/C=C\C/C=C\CCCCCCC)COP(=O)([O-])OCC[N+](C)(C)C. The zero-order valence-electron chi connectivity index (χ0n) is 58.8. The topological polar surface area (TPSA) is 111 Å². The van der Waals surface area contributed by atoms with Gasteiger partial charge in [0.1, 0.15) is 19.8 Å². The molecular formula is C80H138NO8P. The Morgan fingerprint density at radius 2 is 0.633 bits per heavy atom. The maximum atomic E-state index is 12.9. The van der Waals surface area contributed by atoms with Gasteiger partial charge in [0.25, 0.3) is 7.82 Å². The molecule has 0 rings (SSSR count). The molecule has 0 bridgehead atoms. The molecule has 0 N–H and O–H groups in total. The maximum Gasteiger partial charge on any atom is 0.306 e. The summed E-state index contributed by atoms with van der Waals surface area (Å²) < 4.78 is 34.3. The molecule has 0 saturated carbocycles. The smallest absolute Gasteiger partial charge is 0.306 e. The van der Waals surface area contributed by atoms with Crippen molar-refractivity contribution in [2.75, 3.05) is 47.5 Å². The first-order valence-corrected chi connectivity index (χ1v) is 38.4. The maximum absolute atomic E-state index is 12.9. The molecular weight excluding hydrogens is 1130 g/mol. The molecule has 0 aromatic heterocycles. The number of phosphoric ester groups is 1. The van der Waals surface area contributed by atoms with Crippen molar-refractivity contribution in [3.63, 3.8) is 0 Å². The van der Waals surface area contributed by atoms with Gasteiger partial charge in [-0.15, -0.1) is 0 Å². The third-order valence-electron chi connectivity index (χ3n) is 15.7. The highest BCUT2D eigenvalue weighted by Crippen LogP contribution is 2.38. The number of hydrogen-bond acceptors (Lipinski definition) is 8. The first kappa shape index (κ1) is 86.2. The van der Waals surface area contributed by atoms with Gasteiger partial charge in [0.05, 0.1) is 27.7 Å². The van der Waals surface area contributed by atoms with E-state index in [0.29, 0.717) is 17.4 Å². The lowest BCUT2D eigenvalue weighted by Crippen LogP contribution is -2.37. The van der Waals surface area contributed by atoms with Gasteiger partial charge in [-0.05, 0) is 116 Å². The van der Waals surface area contributed by atoms with Crippen molar-refractivity contribution in [2.24, 2.45) is 0 Å². The second-order valence-electron chi connectivity index (χ2n) is 25.6. The Bertz CT molecular complexity index is 1980. The molecule has 90 heavy (non-hydrogen) atoms. The van der Waals surface area contributed by atoms with Crippen LogP contribution >= 0.6 is 7.82 Å². The molecule has 0 aliphatic heterocycles. The Kier molecular flexibility index (Phi) is 66.5. The molecule has 0 spiro atoms. The van der Waals surface area contributed by atoms with Gasteiger partial charge in [0.15, 0.2) is 6.10 Å². The first-order chi connectivity index (χ1) is 44.0. The van der Waals surface area contributed by atoms with Crippen molar-refractivity contribution in [1.82, 2.24) is 0 Å². The first-order valence-electron chi connectivity index (χ1n) is 36.9. The monoisotopic (exact) mass is 1270 g/mol. The molecule has 10 heteroatoms. The molecule has 0 fully saturated rings. The van der Waals surface area contributed by atoms with E-state index in [1.807, 2.05) is 21.1 Å². The van der Waals surface area contributed by atoms with Crippen LogP contribution in [0.15, 0.2) is 134 Å². The number of esters is 2. The fourth-order valence-electron chi connectivity index (χ4n) is 10.0. The average Bonchev–Trinajstić information content (AvgIpc) is 3.61. The third kappa shape index (κ3) is 73.2. The molecule has 2 unspecified atom stereocenters. The molecule has 0 aliphatic carbocycles. The molecule has 0 aromatic carbocycles. The minimum Gasteiger partial charge on any atom is -0.756 e. The van der Waals surface area contributed by atoms with E-state index in [4.69, 9.17) is 18.5 Å². The number of allylic oxidation sites excluding steroid dienone is 22. The largest absolute Gasteiger partial charge is 0.756 e. The summed E-state index contributed by atoms with van der Waals surface area (Å²) in [5, 5.41) is 0. The minimum absolute atomic E-state index is 0.0385. The summed E-state index contributed by atoms with van der Waals surface area (Å²) >= 11 is 0. The van der Waals surface area contributed by atoms with Crippen LogP contribution in [0.1, 0.15) is 309 Å². The highest BCUT2D eigenvalue weighted by molar-refractivity contribution is 7.45. The van der Waals surface area contributed by atoms with E-state index in [0.717, 1.165) is 116 Å². The summed E-state index contributed by atoms with van der Waals surface area (Å²) in [6.07, 6.45) is 101. The molecule has 9 nitrogen and oxygen atoms in total. The lowest BCUT2D eigenvalue weighted by Gasteiger charge is -2.28. The van der Waals surface area contributed by atoms with Crippen LogP contribution in [-0.4, -0.2) is 70.0 Å². The standard InChI is InChI=1S/C80H138NO8P/c1-6-8-10-12-14-16-18-20-22-24-26-28-30-32-34-36-38-39-40-41-43-45-47-49-51-53-55-57-59-61-63-65-67-69-71-73-80(83)89-78(77-88-90(84,85)87-75-74-81(3,4)5)76-86-79(82)72-70-68-66-64-62-60-58-56-54-52-50-48-46-44-42-37-35-33-31-29-27-25-23-21-19-17-15-13-11-9-7-2/h8,10,14,16,19-22,25-28,32,34,38-39,41,43,47,49,53,55,78H,6-7,9,11-13,15,17-18,23-24,29-31,33,35-37,40,42,44-46,48,50-52,54,56-77H2,1-5H3/b10-8-,16-14-,21-19-,22-20-,27-25-,28-26-,34-32-,39-38-,43-41-,49-47-,55-53-.